The van der Waals surface area contributed by atoms with E-state index in [1.807, 2.05) is 20.8 Å². The van der Waals surface area contributed by atoms with Gasteiger partial charge in [-0.3, -0.25) is 4.79 Å². The molecular formula is C46H71NO4. The maximum atomic E-state index is 13.1. The van der Waals surface area contributed by atoms with Crippen molar-refractivity contribution in [2.75, 3.05) is 6.54 Å². The van der Waals surface area contributed by atoms with Gasteiger partial charge in [0, 0.05) is 12.1 Å². The second-order valence-electron chi connectivity index (χ2n) is 15.1. The van der Waals surface area contributed by atoms with E-state index in [4.69, 9.17) is 0 Å². The number of aliphatic hydroxyl groups is 1. The van der Waals surface area contributed by atoms with Gasteiger partial charge in [-0.25, -0.2) is 0 Å². The standard InChI is InChI=1S/C46H71NO4/c1-34(2)17-11-18-36(5)19-12-20-37(6)21-13-22-38(7)23-14-24-39(8)25-15-26-40(9)27-16-28-41(10)31-46(51)47(35(3)4)33-45(50)42-29-30-43(48)44(49)32-42/h17,19,21,23,25,27,29-32,35,45,48-50H,11-16,18,20,22,24,26,28,33H2,1-10H3. The number of carbonyl (C=O) groups excluding carboxylic acids is 1. The molecule has 1 amide bonds. The Morgan fingerprint density at radius 3 is 1.31 bits per heavy atom. The molecule has 51 heavy (non-hydrogen) atoms. The van der Waals surface area contributed by atoms with E-state index in [1.165, 1.54) is 52.0 Å². The van der Waals surface area contributed by atoms with Gasteiger partial charge in [0.15, 0.2) is 11.5 Å². The van der Waals surface area contributed by atoms with Crippen LogP contribution in [-0.4, -0.2) is 38.7 Å². The number of rotatable bonds is 23. The number of hydrogen-bond donors (Lipinski definition) is 3. The van der Waals surface area contributed by atoms with Crippen LogP contribution >= 0.6 is 0 Å². The van der Waals surface area contributed by atoms with Crippen molar-refractivity contribution in [2.24, 2.45) is 0 Å². The van der Waals surface area contributed by atoms with Crippen LogP contribution in [0.15, 0.2) is 99.7 Å². The average Bonchev–Trinajstić information content (AvgIpc) is 3.04. The van der Waals surface area contributed by atoms with Gasteiger partial charge in [0.05, 0.1) is 12.6 Å². The Morgan fingerprint density at radius 1 is 0.588 bits per heavy atom. The molecule has 0 radical (unpaired) electrons. The highest BCUT2D eigenvalue weighted by molar-refractivity contribution is 5.88. The van der Waals surface area contributed by atoms with Crippen molar-refractivity contribution in [3.8, 4) is 11.5 Å². The highest BCUT2D eigenvalue weighted by Gasteiger charge is 2.21. The maximum absolute atomic E-state index is 13.1. The summed E-state index contributed by atoms with van der Waals surface area (Å²) in [5.74, 6) is -0.678. The molecule has 1 aromatic rings. The SMILES string of the molecule is CC(C)=CCCC(C)=CCCC(C)=CCCC(C)=CCCC(C)=CCCC(C)=CCCC(C)=CC(=O)N(CC(O)c1ccc(O)c(O)c1)C(C)C. The molecule has 5 heteroatoms. The van der Waals surface area contributed by atoms with E-state index in [9.17, 15) is 20.1 Å². The number of hydrogen-bond acceptors (Lipinski definition) is 4. The zero-order valence-corrected chi connectivity index (χ0v) is 33.8. The van der Waals surface area contributed by atoms with Crippen LogP contribution in [0.4, 0.5) is 0 Å². The third kappa shape index (κ3) is 21.4. The van der Waals surface area contributed by atoms with E-state index in [-0.39, 0.29) is 30.0 Å². The average molecular weight is 702 g/mol. The predicted octanol–water partition coefficient (Wildman–Crippen LogP) is 12.7. The van der Waals surface area contributed by atoms with E-state index in [2.05, 4.69) is 84.9 Å². The number of carbonyl (C=O) groups is 1. The molecule has 3 N–H and O–H groups in total. The van der Waals surface area contributed by atoms with E-state index in [1.54, 1.807) is 17.0 Å². The zero-order valence-electron chi connectivity index (χ0n) is 33.8. The molecule has 284 valence electrons. The predicted molar refractivity (Wildman–Crippen MR) is 219 cm³/mol. The molecule has 1 unspecified atom stereocenters. The quantitative estimate of drug-likeness (QED) is 0.0603. The van der Waals surface area contributed by atoms with Gasteiger partial charge in [0.2, 0.25) is 5.91 Å². The van der Waals surface area contributed by atoms with E-state index in [0.717, 1.165) is 76.2 Å². The van der Waals surface area contributed by atoms with Crippen molar-refractivity contribution in [3.63, 3.8) is 0 Å². The third-order valence-corrected chi connectivity index (χ3v) is 9.28. The van der Waals surface area contributed by atoms with Crippen molar-refractivity contribution in [1.29, 1.82) is 0 Å². The number of aromatic hydroxyl groups is 2. The number of phenols is 2. The van der Waals surface area contributed by atoms with Crippen molar-refractivity contribution in [3.05, 3.63) is 105 Å². The lowest BCUT2D eigenvalue weighted by molar-refractivity contribution is -0.129. The molecule has 5 nitrogen and oxygen atoms in total. The fourth-order valence-electron chi connectivity index (χ4n) is 5.79. The van der Waals surface area contributed by atoms with E-state index < -0.39 is 6.10 Å². The van der Waals surface area contributed by atoms with Gasteiger partial charge in [-0.2, -0.15) is 0 Å². The molecule has 0 aliphatic heterocycles. The summed E-state index contributed by atoms with van der Waals surface area (Å²) in [5.41, 5.74) is 10.2. The summed E-state index contributed by atoms with van der Waals surface area (Å²) >= 11 is 0. The molecule has 0 aromatic heterocycles. The Bertz CT molecular complexity index is 1430. The summed E-state index contributed by atoms with van der Waals surface area (Å²) in [6.45, 7) is 21.5. The van der Waals surface area contributed by atoms with Crippen LogP contribution in [0.2, 0.25) is 0 Å². The second-order valence-corrected chi connectivity index (χ2v) is 15.1. The first-order valence-corrected chi connectivity index (χ1v) is 19.2. The van der Waals surface area contributed by atoms with Crippen LogP contribution in [0, 0.1) is 0 Å². The van der Waals surface area contributed by atoms with Gasteiger partial charge in [0.25, 0.3) is 0 Å². The molecular weight excluding hydrogens is 631 g/mol. The van der Waals surface area contributed by atoms with Crippen molar-refractivity contribution in [2.45, 2.75) is 158 Å². The molecule has 0 bridgehead atoms. The number of nitrogens with zero attached hydrogens (tertiary/aromatic N) is 1. The minimum absolute atomic E-state index is 0.0970. The third-order valence-electron chi connectivity index (χ3n) is 9.28. The van der Waals surface area contributed by atoms with Gasteiger partial charge in [0.1, 0.15) is 0 Å². The Labute approximate surface area is 312 Å². The first-order chi connectivity index (χ1) is 24.1. The topological polar surface area (TPSA) is 81.0 Å². The minimum Gasteiger partial charge on any atom is -0.504 e. The van der Waals surface area contributed by atoms with Crippen molar-refractivity contribution in [1.82, 2.24) is 4.90 Å². The summed E-state index contributed by atoms with van der Waals surface area (Å²) in [6.07, 6.45) is 27.8. The minimum atomic E-state index is -0.974. The van der Waals surface area contributed by atoms with Gasteiger partial charge < -0.3 is 20.2 Å². The van der Waals surface area contributed by atoms with Crippen molar-refractivity contribution >= 4 is 5.91 Å². The molecule has 0 aliphatic carbocycles. The number of aliphatic hydroxyl groups excluding tert-OH is 1. The lowest BCUT2D eigenvalue weighted by Crippen LogP contribution is -2.39. The molecule has 1 rings (SSSR count). The molecule has 0 spiro atoms. The molecule has 0 fully saturated rings. The van der Waals surface area contributed by atoms with E-state index in [0.29, 0.717) is 5.56 Å². The zero-order chi connectivity index (χ0) is 38.3. The molecule has 0 aliphatic rings. The second kappa shape index (κ2) is 25.4. The molecule has 1 atom stereocenters. The Kier molecular flexibility index (Phi) is 22.6. The van der Waals surface area contributed by atoms with Crippen LogP contribution in [-0.2, 0) is 4.79 Å². The number of benzene rings is 1. The number of allylic oxidation sites excluding steroid dienone is 13. The fraction of sp³-hybridized carbons (Fsp3) is 0.543. The van der Waals surface area contributed by atoms with Crippen molar-refractivity contribution < 1.29 is 20.1 Å². The number of phenolic OH excluding ortho intramolecular Hbond substituents is 2. The lowest BCUT2D eigenvalue weighted by atomic mass is 10.0. The van der Waals surface area contributed by atoms with Crippen LogP contribution in [0.3, 0.4) is 0 Å². The summed E-state index contributed by atoms with van der Waals surface area (Å²) < 4.78 is 0. The Morgan fingerprint density at radius 2 is 0.961 bits per heavy atom. The molecule has 0 saturated carbocycles. The molecule has 1 aromatic carbocycles. The normalized spacial score (nSPS) is 14.3. The van der Waals surface area contributed by atoms with Crippen LogP contribution in [0.25, 0.3) is 0 Å². The monoisotopic (exact) mass is 702 g/mol. The molecule has 0 saturated heterocycles. The largest absolute Gasteiger partial charge is 0.504 e. The maximum Gasteiger partial charge on any atom is 0.246 e. The van der Waals surface area contributed by atoms with Gasteiger partial charge in [-0.1, -0.05) is 81.5 Å². The summed E-state index contributed by atoms with van der Waals surface area (Å²) in [5, 5.41) is 30.0. The first-order valence-electron chi connectivity index (χ1n) is 19.2. The van der Waals surface area contributed by atoms with Gasteiger partial charge in [-0.15, -0.1) is 0 Å². The van der Waals surface area contributed by atoms with E-state index >= 15 is 0 Å². The molecule has 0 heterocycles. The highest BCUT2D eigenvalue weighted by atomic mass is 16.3. The number of amides is 1. The van der Waals surface area contributed by atoms with Crippen LogP contribution in [0.1, 0.15) is 158 Å². The Hall–Kier alpha value is -3.57. The summed E-state index contributed by atoms with van der Waals surface area (Å²) in [6, 6.07) is 4.11. The lowest BCUT2D eigenvalue weighted by Gasteiger charge is -2.28. The van der Waals surface area contributed by atoms with Gasteiger partial charge >= 0.3 is 0 Å². The Balaban J connectivity index is 2.41. The van der Waals surface area contributed by atoms with Crippen LogP contribution < -0.4 is 0 Å². The summed E-state index contributed by atoms with van der Waals surface area (Å²) in [4.78, 5) is 14.7. The van der Waals surface area contributed by atoms with Gasteiger partial charge in [-0.05, 0) is 164 Å². The fourth-order valence-corrected chi connectivity index (χ4v) is 5.79. The smallest absolute Gasteiger partial charge is 0.246 e. The summed E-state index contributed by atoms with van der Waals surface area (Å²) in [7, 11) is 0. The highest BCUT2D eigenvalue weighted by Crippen LogP contribution is 2.28. The van der Waals surface area contributed by atoms with Crippen LogP contribution in [0.5, 0.6) is 11.5 Å². The first kappa shape index (κ1) is 45.5.